The fourth-order valence-corrected chi connectivity index (χ4v) is 5.35. The monoisotopic (exact) mass is 441 g/mol. The number of piperidine rings is 1. The average Bonchev–Trinajstić information content (AvgIpc) is 2.79. The molecule has 1 atom stereocenters. The molecule has 166 valence electrons. The molecule has 0 aliphatic carbocycles. The van der Waals surface area contributed by atoms with Gasteiger partial charge in [0.15, 0.2) is 11.6 Å². The Hall–Kier alpha value is -2.45. The Bertz CT molecular complexity index is 997. The summed E-state index contributed by atoms with van der Waals surface area (Å²) in [6.45, 7) is 7.36. The summed E-state index contributed by atoms with van der Waals surface area (Å²) in [4.78, 5) is 4.43. The summed E-state index contributed by atoms with van der Waals surface area (Å²) in [6.07, 6.45) is 5.32. The first-order chi connectivity index (χ1) is 14.9. The van der Waals surface area contributed by atoms with Crippen LogP contribution in [0.3, 0.4) is 0 Å². The molecule has 31 heavy (non-hydrogen) atoms. The van der Waals surface area contributed by atoms with Gasteiger partial charge in [-0.25, -0.2) is 8.42 Å². The van der Waals surface area contributed by atoms with Crippen molar-refractivity contribution in [1.29, 1.82) is 0 Å². The lowest BCUT2D eigenvalue weighted by Gasteiger charge is -2.35. The van der Waals surface area contributed by atoms with Crippen LogP contribution < -0.4 is 9.80 Å². The van der Waals surface area contributed by atoms with Gasteiger partial charge in [0.25, 0.3) is 0 Å². The van der Waals surface area contributed by atoms with E-state index in [1.54, 1.807) is 6.08 Å². The molecule has 3 heterocycles. The molecule has 1 aromatic carbocycles. The van der Waals surface area contributed by atoms with Crippen molar-refractivity contribution >= 4 is 27.7 Å². The second-order valence-electron chi connectivity index (χ2n) is 8.43. The SMILES string of the molecule is Cc1ccc(/C=C/S(=O)(=O)N2CCN(c3ccc(N4CCCCC4C)nn3)CC2)cc1. The van der Waals surface area contributed by atoms with E-state index >= 15 is 0 Å². The maximum Gasteiger partial charge on any atom is 0.236 e. The lowest BCUT2D eigenvalue weighted by atomic mass is 10.0. The van der Waals surface area contributed by atoms with E-state index in [1.165, 1.54) is 29.0 Å². The highest BCUT2D eigenvalue weighted by atomic mass is 32.2. The van der Waals surface area contributed by atoms with Crippen molar-refractivity contribution in [1.82, 2.24) is 14.5 Å². The molecule has 0 bridgehead atoms. The number of benzene rings is 1. The molecule has 0 radical (unpaired) electrons. The number of hydrogen-bond acceptors (Lipinski definition) is 6. The van der Waals surface area contributed by atoms with E-state index in [-0.39, 0.29) is 0 Å². The zero-order chi connectivity index (χ0) is 21.8. The third-order valence-electron chi connectivity index (χ3n) is 6.17. The Labute approximate surface area is 185 Å². The highest BCUT2D eigenvalue weighted by molar-refractivity contribution is 7.92. The van der Waals surface area contributed by atoms with Crippen molar-refractivity contribution in [3.63, 3.8) is 0 Å². The number of hydrogen-bond donors (Lipinski definition) is 0. The normalized spacial score (nSPS) is 21.0. The van der Waals surface area contributed by atoms with Crippen molar-refractivity contribution in [3.05, 3.63) is 52.9 Å². The average molecular weight is 442 g/mol. The van der Waals surface area contributed by atoms with E-state index in [9.17, 15) is 8.42 Å². The molecular formula is C23H31N5O2S. The van der Waals surface area contributed by atoms with Gasteiger partial charge in [-0.2, -0.15) is 4.31 Å². The minimum absolute atomic E-state index is 0.438. The zero-order valence-electron chi connectivity index (χ0n) is 18.3. The summed E-state index contributed by atoms with van der Waals surface area (Å²) < 4.78 is 26.9. The van der Waals surface area contributed by atoms with Crippen LogP contribution >= 0.6 is 0 Å². The van der Waals surface area contributed by atoms with Crippen molar-refractivity contribution in [2.24, 2.45) is 0 Å². The lowest BCUT2D eigenvalue weighted by Crippen LogP contribution is -2.48. The first-order valence-corrected chi connectivity index (χ1v) is 12.5. The van der Waals surface area contributed by atoms with Crippen molar-refractivity contribution in [2.45, 2.75) is 39.2 Å². The van der Waals surface area contributed by atoms with Crippen LogP contribution in [-0.4, -0.2) is 61.7 Å². The van der Waals surface area contributed by atoms with Gasteiger partial charge in [0.1, 0.15) is 0 Å². The van der Waals surface area contributed by atoms with Crippen molar-refractivity contribution < 1.29 is 8.42 Å². The number of sulfonamides is 1. The number of aromatic nitrogens is 2. The first kappa shape index (κ1) is 21.8. The molecule has 7 nitrogen and oxygen atoms in total. The van der Waals surface area contributed by atoms with Crippen LogP contribution in [0.15, 0.2) is 41.8 Å². The molecule has 0 N–H and O–H groups in total. The molecule has 1 unspecified atom stereocenters. The molecule has 2 aromatic rings. The van der Waals surface area contributed by atoms with Gasteiger partial charge in [0.2, 0.25) is 10.0 Å². The molecule has 2 aliphatic rings. The Morgan fingerprint density at radius 2 is 1.58 bits per heavy atom. The molecule has 0 spiro atoms. The van der Waals surface area contributed by atoms with Crippen molar-refractivity contribution in [3.8, 4) is 0 Å². The molecule has 0 amide bonds. The van der Waals surface area contributed by atoms with Crippen LogP contribution in [-0.2, 0) is 10.0 Å². The Morgan fingerprint density at radius 3 is 2.23 bits per heavy atom. The predicted octanol–water partition coefficient (Wildman–Crippen LogP) is 3.29. The quantitative estimate of drug-likeness (QED) is 0.709. The zero-order valence-corrected chi connectivity index (χ0v) is 19.1. The van der Waals surface area contributed by atoms with Gasteiger partial charge < -0.3 is 9.80 Å². The van der Waals surface area contributed by atoms with Gasteiger partial charge >= 0.3 is 0 Å². The molecule has 8 heteroatoms. The predicted molar refractivity (Wildman–Crippen MR) is 126 cm³/mol. The molecule has 2 saturated heterocycles. The lowest BCUT2D eigenvalue weighted by molar-refractivity contribution is 0.388. The molecule has 2 aliphatic heterocycles. The van der Waals surface area contributed by atoms with Gasteiger partial charge in [-0.3, -0.25) is 0 Å². The molecular weight excluding hydrogens is 410 g/mol. The summed E-state index contributed by atoms with van der Waals surface area (Å²) >= 11 is 0. The van der Waals surface area contributed by atoms with Crippen LogP contribution in [0.1, 0.15) is 37.3 Å². The van der Waals surface area contributed by atoms with Gasteiger partial charge in [-0.1, -0.05) is 29.8 Å². The summed E-state index contributed by atoms with van der Waals surface area (Å²) in [7, 11) is -3.44. The summed E-state index contributed by atoms with van der Waals surface area (Å²) in [6, 6.07) is 12.3. The standard InChI is InChI=1S/C23H31N5O2S/c1-19-6-8-21(9-7-19)12-18-31(29,30)27-16-14-26(15-17-27)22-10-11-23(25-24-22)28-13-4-3-5-20(28)2/h6-12,18,20H,3-5,13-17H2,1-2H3/b18-12+. The van der Waals surface area contributed by atoms with Crippen LogP contribution in [0.5, 0.6) is 0 Å². The van der Waals surface area contributed by atoms with E-state index in [4.69, 9.17) is 0 Å². The third kappa shape index (κ3) is 5.25. The van der Waals surface area contributed by atoms with Crippen molar-refractivity contribution in [2.75, 3.05) is 42.5 Å². The maximum atomic E-state index is 12.7. The van der Waals surface area contributed by atoms with Crippen LogP contribution in [0, 0.1) is 6.92 Å². The van der Waals surface area contributed by atoms with Crippen LogP contribution in [0.4, 0.5) is 11.6 Å². The number of piperazine rings is 1. The third-order valence-corrected chi connectivity index (χ3v) is 7.73. The first-order valence-electron chi connectivity index (χ1n) is 11.0. The highest BCUT2D eigenvalue weighted by Crippen LogP contribution is 2.24. The van der Waals surface area contributed by atoms with Crippen LogP contribution in [0.25, 0.3) is 6.08 Å². The Kier molecular flexibility index (Phi) is 6.57. The number of rotatable bonds is 5. The van der Waals surface area contributed by atoms with Crippen LogP contribution in [0.2, 0.25) is 0 Å². The number of aryl methyl sites for hydroxylation is 1. The molecule has 2 fully saturated rings. The van der Waals surface area contributed by atoms with Gasteiger partial charge in [0.05, 0.1) is 0 Å². The summed E-state index contributed by atoms with van der Waals surface area (Å²) in [5.41, 5.74) is 2.03. The minimum atomic E-state index is -3.44. The summed E-state index contributed by atoms with van der Waals surface area (Å²) in [5.74, 6) is 1.74. The minimum Gasteiger partial charge on any atom is -0.352 e. The molecule has 1 aromatic heterocycles. The summed E-state index contributed by atoms with van der Waals surface area (Å²) in [5, 5.41) is 10.2. The fourth-order valence-electron chi connectivity index (χ4n) is 4.18. The number of nitrogens with zero attached hydrogens (tertiary/aromatic N) is 5. The smallest absolute Gasteiger partial charge is 0.236 e. The van der Waals surface area contributed by atoms with Gasteiger partial charge in [0, 0.05) is 44.2 Å². The van der Waals surface area contributed by atoms with E-state index in [1.807, 2.05) is 43.3 Å². The number of anilines is 2. The maximum absolute atomic E-state index is 12.7. The second-order valence-corrected chi connectivity index (χ2v) is 10.3. The molecule has 0 saturated carbocycles. The second kappa shape index (κ2) is 9.36. The van der Waals surface area contributed by atoms with Gasteiger partial charge in [-0.15, -0.1) is 10.2 Å². The van der Waals surface area contributed by atoms with Gasteiger partial charge in [-0.05, 0) is 56.9 Å². The van der Waals surface area contributed by atoms with E-state index in [0.29, 0.717) is 32.2 Å². The van der Waals surface area contributed by atoms with E-state index in [2.05, 4.69) is 26.9 Å². The van der Waals surface area contributed by atoms with E-state index < -0.39 is 10.0 Å². The Morgan fingerprint density at radius 1 is 0.903 bits per heavy atom. The molecule has 4 rings (SSSR count). The topological polar surface area (TPSA) is 69.6 Å². The fraction of sp³-hybridized carbons (Fsp3) is 0.478. The largest absolute Gasteiger partial charge is 0.352 e. The Balaban J connectivity index is 1.35. The highest BCUT2D eigenvalue weighted by Gasteiger charge is 2.26. The van der Waals surface area contributed by atoms with E-state index in [0.717, 1.165) is 29.3 Å².